The Labute approximate surface area is 266 Å². The second-order valence-corrected chi connectivity index (χ2v) is 12.0. The lowest BCUT2D eigenvalue weighted by molar-refractivity contribution is -0.150. The molecule has 6 rings (SSSR count). The monoisotopic (exact) mass is 665 g/mol. The maximum absolute atomic E-state index is 13.2. The van der Waals surface area contributed by atoms with Gasteiger partial charge in [-0.25, -0.2) is 14.6 Å². The van der Waals surface area contributed by atoms with Gasteiger partial charge in [0.1, 0.15) is 23.7 Å². The van der Waals surface area contributed by atoms with Gasteiger partial charge in [0, 0.05) is 17.2 Å². The number of phenolic OH excluding ortho intramolecular Hbond substituents is 2. The number of β-lactam (4-membered cyclic amide) rings is 1. The van der Waals surface area contributed by atoms with E-state index in [-0.39, 0.29) is 30.0 Å². The summed E-state index contributed by atoms with van der Waals surface area (Å²) in [7, 11) is 0. The normalized spacial score (nSPS) is 17.3. The molecule has 3 amide bonds. The number of hydrogen-bond acceptors (Lipinski definition) is 14. The van der Waals surface area contributed by atoms with Crippen LogP contribution in [-0.4, -0.2) is 108 Å². The van der Waals surface area contributed by atoms with Gasteiger partial charge in [-0.1, -0.05) is 36.0 Å². The van der Waals surface area contributed by atoms with Gasteiger partial charge in [0.05, 0.1) is 12.0 Å². The van der Waals surface area contributed by atoms with Crippen LogP contribution in [0.1, 0.15) is 21.7 Å². The van der Waals surface area contributed by atoms with Crippen LogP contribution in [0.25, 0.3) is 0 Å². The summed E-state index contributed by atoms with van der Waals surface area (Å²) < 4.78 is 1.45. The number of nitrogens with one attached hydrogen (secondary N) is 3. The van der Waals surface area contributed by atoms with Crippen molar-refractivity contribution in [2.45, 2.75) is 29.5 Å². The smallest absolute Gasteiger partial charge is 0.352 e. The molecule has 2 aromatic heterocycles. The molecule has 2 atom stereocenters. The minimum Gasteiger partial charge on any atom is -0.504 e. The van der Waals surface area contributed by atoms with Gasteiger partial charge in [0.25, 0.3) is 11.8 Å². The number of phenols is 2. The molecule has 1 fully saturated rings. The van der Waals surface area contributed by atoms with Crippen LogP contribution in [0, 0.1) is 0 Å². The highest BCUT2D eigenvalue weighted by atomic mass is 32.2. The Balaban J connectivity index is 1.10. The summed E-state index contributed by atoms with van der Waals surface area (Å²) in [6.45, 7) is 0.175. The van der Waals surface area contributed by atoms with Gasteiger partial charge in [-0.2, -0.15) is 0 Å². The molecule has 0 radical (unpaired) electrons. The Kier molecular flexibility index (Phi) is 8.53. The van der Waals surface area contributed by atoms with Crippen LogP contribution in [0.15, 0.2) is 58.9 Å². The Morgan fingerprint density at radius 2 is 1.91 bits per heavy atom. The molecule has 4 heterocycles. The number of anilines is 1. The van der Waals surface area contributed by atoms with E-state index in [0.717, 1.165) is 0 Å². The van der Waals surface area contributed by atoms with Crippen LogP contribution in [-0.2, 0) is 27.3 Å². The number of amides is 3. The molecule has 18 nitrogen and oxygen atoms in total. The highest BCUT2D eigenvalue weighted by Crippen LogP contribution is 2.41. The third-order valence-electron chi connectivity index (χ3n) is 7.01. The number of carboxylic acids is 1. The molecular formula is C26H23N11O7S2. The fraction of sp³-hybridized carbons (Fsp3) is 0.231. The van der Waals surface area contributed by atoms with Gasteiger partial charge in [-0.05, 0) is 50.2 Å². The maximum atomic E-state index is 13.2. The SMILES string of the molecule is O=C(Cc1ccccc1NC(=O)c1cccc(O)c1O)N[C@@H]1C(=O)N2C(C(=O)O)=C(CSc3nnnn3Cc3nnn[nH]3)CS[C@H]12. The molecule has 4 aromatic rings. The number of aromatic hydroxyl groups is 2. The highest BCUT2D eigenvalue weighted by molar-refractivity contribution is 8.01. The van der Waals surface area contributed by atoms with E-state index in [9.17, 15) is 34.5 Å². The van der Waals surface area contributed by atoms with Crippen molar-refractivity contribution in [3.63, 3.8) is 0 Å². The molecule has 2 aromatic carbocycles. The lowest BCUT2D eigenvalue weighted by Gasteiger charge is -2.49. The van der Waals surface area contributed by atoms with Gasteiger partial charge in [-0.15, -0.1) is 22.0 Å². The number of aliphatic carboxylic acids is 1. The molecule has 6 N–H and O–H groups in total. The molecule has 0 aliphatic carbocycles. The Morgan fingerprint density at radius 1 is 1.09 bits per heavy atom. The predicted molar refractivity (Wildman–Crippen MR) is 159 cm³/mol. The highest BCUT2D eigenvalue weighted by Gasteiger charge is 2.54. The lowest BCUT2D eigenvalue weighted by atomic mass is 10.0. The number of para-hydroxylation sites is 2. The number of fused-ring (bicyclic) bond motifs is 1. The molecular weight excluding hydrogens is 642 g/mol. The van der Waals surface area contributed by atoms with Crippen LogP contribution < -0.4 is 10.6 Å². The van der Waals surface area contributed by atoms with Gasteiger partial charge >= 0.3 is 5.97 Å². The Hall–Kier alpha value is -5.50. The zero-order valence-electron chi connectivity index (χ0n) is 23.4. The summed E-state index contributed by atoms with van der Waals surface area (Å²) >= 11 is 2.52. The third-order valence-corrected chi connectivity index (χ3v) is 9.39. The summed E-state index contributed by atoms with van der Waals surface area (Å²) in [4.78, 5) is 52.4. The van der Waals surface area contributed by atoms with Gasteiger partial charge in [0.2, 0.25) is 11.1 Å². The molecule has 0 spiro atoms. The van der Waals surface area contributed by atoms with Crippen LogP contribution in [0.5, 0.6) is 11.5 Å². The summed E-state index contributed by atoms with van der Waals surface area (Å²) in [5, 5.41) is 59.8. The quantitative estimate of drug-likeness (QED) is 0.0699. The number of carbonyl (C=O) groups is 4. The Morgan fingerprint density at radius 3 is 2.70 bits per heavy atom. The Bertz CT molecular complexity index is 1860. The van der Waals surface area contributed by atoms with Crippen molar-refractivity contribution in [3.8, 4) is 11.5 Å². The molecule has 0 unspecified atom stereocenters. The first kappa shape index (κ1) is 30.5. The minimum atomic E-state index is -1.27. The standard InChI is InChI=1S/C26H23N11O7S2/c38-16-7-3-5-14(21(16)40)22(41)27-15-6-2-1-4-12(15)8-18(39)28-19-23(42)37-20(25(43)44)13(10-45-24(19)37)11-46-26-31-34-35-36(26)9-17-29-32-33-30-17/h1-7,19,24,38,40H,8-11H2,(H,27,41)(H,28,39)(H,43,44)(H,29,30,32,33)/t19-,24-/m1/s1. The molecule has 0 saturated carbocycles. The number of H-pyrrole nitrogens is 1. The largest absolute Gasteiger partial charge is 0.504 e. The van der Waals surface area contributed by atoms with E-state index < -0.39 is 46.6 Å². The van der Waals surface area contributed by atoms with E-state index in [4.69, 9.17) is 0 Å². The van der Waals surface area contributed by atoms with Crippen molar-refractivity contribution in [1.29, 1.82) is 0 Å². The number of tetrazole rings is 2. The van der Waals surface area contributed by atoms with Crippen molar-refractivity contribution in [2.75, 3.05) is 16.8 Å². The average Bonchev–Trinajstić information content (AvgIpc) is 3.73. The number of thioether (sulfide) groups is 2. The zero-order valence-corrected chi connectivity index (χ0v) is 25.0. The van der Waals surface area contributed by atoms with E-state index in [1.54, 1.807) is 24.3 Å². The number of nitrogens with zero attached hydrogens (tertiary/aromatic N) is 8. The predicted octanol–water partition coefficient (Wildman–Crippen LogP) is -0.0286. The summed E-state index contributed by atoms with van der Waals surface area (Å²) in [5.74, 6) is -3.16. The molecule has 236 valence electrons. The maximum Gasteiger partial charge on any atom is 0.352 e. The summed E-state index contributed by atoms with van der Waals surface area (Å²) in [6.07, 6.45) is -0.202. The number of benzene rings is 2. The van der Waals surface area contributed by atoms with Crippen LogP contribution >= 0.6 is 23.5 Å². The number of rotatable bonds is 11. The van der Waals surface area contributed by atoms with Crippen LogP contribution in [0.3, 0.4) is 0 Å². The minimum absolute atomic E-state index is 0.145. The fourth-order valence-corrected chi connectivity index (χ4v) is 7.19. The van der Waals surface area contributed by atoms with Gasteiger partial charge in [-0.3, -0.25) is 19.3 Å². The summed E-state index contributed by atoms with van der Waals surface area (Å²) in [6, 6.07) is 9.54. The van der Waals surface area contributed by atoms with Gasteiger partial charge in [0.15, 0.2) is 17.3 Å². The third kappa shape index (κ3) is 6.06. The molecule has 2 aliphatic rings. The van der Waals surface area contributed by atoms with E-state index in [1.165, 1.54) is 51.3 Å². The topological polar surface area (TPSA) is 254 Å². The van der Waals surface area contributed by atoms with Crippen molar-refractivity contribution >= 4 is 52.9 Å². The van der Waals surface area contributed by atoms with E-state index >= 15 is 0 Å². The second-order valence-electron chi connectivity index (χ2n) is 9.93. The van der Waals surface area contributed by atoms with E-state index in [2.05, 4.69) is 46.8 Å². The number of aromatic amines is 1. The first-order chi connectivity index (χ1) is 22.2. The molecule has 20 heteroatoms. The number of aromatic nitrogens is 8. The van der Waals surface area contributed by atoms with E-state index in [0.29, 0.717) is 33.6 Å². The molecule has 0 bridgehead atoms. The second kappa shape index (κ2) is 12.9. The molecule has 1 saturated heterocycles. The van der Waals surface area contributed by atoms with Gasteiger partial charge < -0.3 is 26.0 Å². The first-order valence-corrected chi connectivity index (χ1v) is 15.5. The number of hydrogen-bond donors (Lipinski definition) is 6. The number of carboxylic acid groups (broad SMARTS) is 1. The zero-order chi connectivity index (χ0) is 32.4. The van der Waals surface area contributed by atoms with Crippen LogP contribution in [0.2, 0.25) is 0 Å². The fourth-order valence-electron chi connectivity index (χ4n) is 4.83. The average molecular weight is 666 g/mol. The molecule has 2 aliphatic heterocycles. The van der Waals surface area contributed by atoms with E-state index in [1.807, 2.05) is 0 Å². The lowest BCUT2D eigenvalue weighted by Crippen LogP contribution is -2.70. The summed E-state index contributed by atoms with van der Waals surface area (Å²) in [5.41, 5.74) is 0.918. The van der Waals surface area contributed by atoms with Crippen molar-refractivity contribution in [3.05, 3.63) is 70.7 Å². The van der Waals surface area contributed by atoms with Crippen molar-refractivity contribution < 1.29 is 34.5 Å². The van der Waals surface area contributed by atoms with Crippen LogP contribution in [0.4, 0.5) is 5.69 Å². The number of carbonyl (C=O) groups excluding carboxylic acids is 3. The van der Waals surface area contributed by atoms with Crippen molar-refractivity contribution in [1.82, 2.24) is 51.0 Å². The first-order valence-electron chi connectivity index (χ1n) is 13.4. The molecule has 46 heavy (non-hydrogen) atoms. The van der Waals surface area contributed by atoms with Crippen molar-refractivity contribution in [2.24, 2.45) is 0 Å².